The molecule has 244 valence electrons. The number of halogens is 4. The lowest BCUT2D eigenvalue weighted by Crippen LogP contribution is -2.70. The van der Waals surface area contributed by atoms with E-state index in [1.807, 2.05) is 0 Å². The number of aliphatic hydroxyl groups is 1. The van der Waals surface area contributed by atoms with Crippen molar-refractivity contribution in [3.05, 3.63) is 0 Å². The molecule has 21 heteroatoms. The van der Waals surface area contributed by atoms with E-state index in [2.05, 4.69) is 21.2 Å². The first-order valence-corrected chi connectivity index (χ1v) is 14.4. The van der Waals surface area contributed by atoms with E-state index in [0.717, 1.165) is 20.8 Å². The third-order valence-electron chi connectivity index (χ3n) is 5.89. The number of ether oxygens (including phenoxy) is 7. The molecule has 0 aromatic rings. The Hall–Kier alpha value is -2.19. The van der Waals surface area contributed by atoms with Gasteiger partial charge in [-0.2, -0.15) is 0 Å². The molecule has 17 nitrogen and oxygen atoms in total. The Morgan fingerprint density at radius 1 is 0.860 bits per heavy atom. The van der Waals surface area contributed by atoms with E-state index in [-0.39, 0.29) is 5.33 Å². The van der Waals surface area contributed by atoms with E-state index in [9.17, 15) is 33.9 Å². The van der Waals surface area contributed by atoms with Gasteiger partial charge in [0.05, 0.1) is 6.10 Å². The molecule has 2 saturated heterocycles. The van der Waals surface area contributed by atoms with Crippen molar-refractivity contribution in [2.45, 2.75) is 85.7 Å². The zero-order valence-corrected chi connectivity index (χ0v) is 26.5. The van der Waals surface area contributed by atoms with Gasteiger partial charge in [0, 0.05) is 26.1 Å². The normalized spacial score (nSPS) is 32.6. The van der Waals surface area contributed by atoms with Gasteiger partial charge in [0.2, 0.25) is 0 Å². The van der Waals surface area contributed by atoms with Crippen molar-refractivity contribution in [1.82, 2.24) is 5.32 Å². The molecule has 2 fully saturated rings. The summed E-state index contributed by atoms with van der Waals surface area (Å²) in [4.78, 5) is 72.0. The molecule has 0 radical (unpaired) electrons. The smallest absolute Gasteiger partial charge is 0.404 e. The second kappa shape index (κ2) is 15.7. The molecule has 0 saturated carbocycles. The van der Waals surface area contributed by atoms with Crippen molar-refractivity contribution in [1.29, 1.82) is 0 Å². The third kappa shape index (κ3) is 10.2. The van der Waals surface area contributed by atoms with Gasteiger partial charge in [-0.3, -0.25) is 24.0 Å². The summed E-state index contributed by atoms with van der Waals surface area (Å²) < 4.78 is 35.5. The van der Waals surface area contributed by atoms with Crippen molar-refractivity contribution < 1.29 is 67.0 Å². The second-order valence-electron chi connectivity index (χ2n) is 9.14. The first-order valence-electron chi connectivity index (χ1n) is 12.2. The lowest BCUT2D eigenvalue weighted by molar-refractivity contribution is -0.317. The number of alkyl halides is 4. The predicted molar refractivity (Wildman–Crippen MR) is 146 cm³/mol. The number of hydrogen-bond donors (Lipinski definition) is 4. The van der Waals surface area contributed by atoms with Crippen molar-refractivity contribution in [3.8, 4) is 0 Å². The average Bonchev–Trinajstić information content (AvgIpc) is 2.86. The molecule has 0 aliphatic carbocycles. The number of esters is 3. The van der Waals surface area contributed by atoms with Crippen LogP contribution in [0, 0.1) is 0 Å². The number of amides is 3. The van der Waals surface area contributed by atoms with E-state index < -0.39 is 107 Å². The molecule has 0 aromatic carbocycles. The topological polar surface area (TPSA) is 251 Å². The van der Waals surface area contributed by atoms with Gasteiger partial charge in [0.25, 0.3) is 15.6 Å². The van der Waals surface area contributed by atoms with Gasteiger partial charge < -0.3 is 55.0 Å². The van der Waals surface area contributed by atoms with E-state index in [1.54, 1.807) is 0 Å². The van der Waals surface area contributed by atoms with Crippen molar-refractivity contribution >= 4 is 86.5 Å². The van der Waals surface area contributed by atoms with E-state index in [0.29, 0.717) is 0 Å². The summed E-state index contributed by atoms with van der Waals surface area (Å²) >= 11 is 20.3. The first-order chi connectivity index (χ1) is 19.9. The lowest BCUT2D eigenvalue weighted by atomic mass is 9.93. The maximum absolute atomic E-state index is 12.8. The van der Waals surface area contributed by atoms with Crippen LogP contribution < -0.4 is 16.8 Å². The largest absolute Gasteiger partial charge is 0.463 e. The number of rotatable bonds is 10. The monoisotopic (exact) mass is 743 g/mol. The maximum atomic E-state index is 12.8. The average molecular weight is 746 g/mol. The molecule has 2 aliphatic rings. The summed E-state index contributed by atoms with van der Waals surface area (Å²) in [6, 6.07) is -1.66. The summed E-state index contributed by atoms with van der Waals surface area (Å²) in [5.41, 5.74) is 10.4. The van der Waals surface area contributed by atoms with E-state index in [1.165, 1.54) is 0 Å². The Kier molecular flexibility index (Phi) is 13.5. The summed E-state index contributed by atoms with van der Waals surface area (Å²) in [6.45, 7) is 2.52. The Bertz CT molecular complexity index is 1080. The minimum absolute atomic E-state index is 0.111. The maximum Gasteiger partial charge on any atom is 0.404 e. The Labute approximate surface area is 267 Å². The van der Waals surface area contributed by atoms with Crippen molar-refractivity contribution in [2.24, 2.45) is 11.5 Å². The molecule has 10 atom stereocenters. The van der Waals surface area contributed by atoms with E-state index >= 15 is 0 Å². The molecule has 2 aliphatic heterocycles. The van der Waals surface area contributed by atoms with E-state index in [4.69, 9.17) is 79.4 Å². The van der Waals surface area contributed by atoms with Gasteiger partial charge in [0.15, 0.2) is 30.7 Å². The van der Waals surface area contributed by atoms with Crippen molar-refractivity contribution in [3.63, 3.8) is 0 Å². The number of carbonyl (C=O) groups is 6. The zero-order chi connectivity index (χ0) is 32.8. The molecule has 0 bridgehead atoms. The Balaban J connectivity index is 2.63. The minimum atomic E-state index is -2.57. The van der Waals surface area contributed by atoms with Crippen LogP contribution in [0.5, 0.6) is 0 Å². The van der Waals surface area contributed by atoms with Crippen LogP contribution in [0.25, 0.3) is 0 Å². The SMILES string of the molecule is CC(=O)OC[C@H]1O[C@@H](O[C@@H]2[C@@H](O)[C@@H](OC(N)=O)[C@@H](C(N)=O)O[C@@H]2CBr)[C@H](NC(=O)C(Cl)(Cl)Cl)[C@@H](OC(C)=O)[C@@H]1OC(C)=O. The van der Waals surface area contributed by atoms with Gasteiger partial charge in [-0.25, -0.2) is 4.79 Å². The molecule has 2 heterocycles. The summed E-state index contributed by atoms with van der Waals surface area (Å²) in [5.74, 6) is -4.96. The van der Waals surface area contributed by atoms with Crippen LogP contribution in [0.1, 0.15) is 20.8 Å². The molecule has 6 N–H and O–H groups in total. The molecular formula is C22H29BrCl3N3O14. The number of hydrogen-bond acceptors (Lipinski definition) is 14. The third-order valence-corrected chi connectivity index (χ3v) is 7.04. The molecule has 0 unspecified atom stereocenters. The number of aliphatic hydroxyl groups excluding tert-OH is 1. The summed E-state index contributed by atoms with van der Waals surface area (Å²) in [5, 5.41) is 13.3. The van der Waals surface area contributed by atoms with Crippen LogP contribution in [0.2, 0.25) is 0 Å². The number of nitrogens with one attached hydrogen (secondary N) is 1. The Morgan fingerprint density at radius 3 is 1.91 bits per heavy atom. The molecule has 2 rings (SSSR count). The zero-order valence-electron chi connectivity index (χ0n) is 22.6. The van der Waals surface area contributed by atoms with Gasteiger partial charge in [0.1, 0.15) is 31.0 Å². The van der Waals surface area contributed by atoms with Gasteiger partial charge in [-0.15, -0.1) is 0 Å². The fourth-order valence-electron chi connectivity index (χ4n) is 4.28. The predicted octanol–water partition coefficient (Wildman–Crippen LogP) is -1.15. The van der Waals surface area contributed by atoms with Crippen LogP contribution in [0.15, 0.2) is 0 Å². The fourth-order valence-corrected chi connectivity index (χ4v) is 4.96. The second-order valence-corrected chi connectivity index (χ2v) is 12.1. The highest BCUT2D eigenvalue weighted by Crippen LogP contribution is 2.34. The number of nitrogens with two attached hydrogens (primary N) is 2. The Morgan fingerprint density at radius 2 is 1.44 bits per heavy atom. The highest BCUT2D eigenvalue weighted by Gasteiger charge is 2.56. The number of carbonyl (C=O) groups excluding carboxylic acids is 6. The number of primary amides is 2. The highest BCUT2D eigenvalue weighted by atomic mass is 79.9. The van der Waals surface area contributed by atoms with Crippen LogP contribution in [0.3, 0.4) is 0 Å². The highest BCUT2D eigenvalue weighted by molar-refractivity contribution is 9.09. The summed E-state index contributed by atoms with van der Waals surface area (Å²) in [7, 11) is 0. The van der Waals surface area contributed by atoms with Gasteiger partial charge in [-0.05, 0) is 0 Å². The van der Waals surface area contributed by atoms with Gasteiger partial charge in [-0.1, -0.05) is 50.7 Å². The van der Waals surface area contributed by atoms with Crippen LogP contribution in [0.4, 0.5) is 4.79 Å². The minimum Gasteiger partial charge on any atom is -0.463 e. The summed E-state index contributed by atoms with van der Waals surface area (Å²) in [6.07, 6.45) is -15.9. The first kappa shape index (κ1) is 37.0. The molecular weight excluding hydrogens is 717 g/mol. The quantitative estimate of drug-likeness (QED) is 0.117. The molecule has 0 aromatic heterocycles. The fraction of sp³-hybridized carbons (Fsp3) is 0.727. The standard InChI is InChI=1S/C22H29BrCl3N3O14/c1-6(30)37-5-10-14(38-7(2)31)15(39-8(3)32)11(29-20(35)22(24,25)26)19(41-10)42-13-9(4-23)40-17(18(27)34)16(12(13)33)43-21(28)36/h9-17,19,33H,4-5H2,1-3H3,(H2,27,34)(H2,28,36)(H,29,35)/t9-,10-,11-,12-,13+,14-,15-,16-,17+,19+/m1/s1. The molecule has 43 heavy (non-hydrogen) atoms. The lowest BCUT2D eigenvalue weighted by Gasteiger charge is -2.48. The van der Waals surface area contributed by atoms with Crippen LogP contribution in [-0.4, -0.2) is 118 Å². The van der Waals surface area contributed by atoms with Crippen LogP contribution in [-0.2, 0) is 57.1 Å². The van der Waals surface area contributed by atoms with Gasteiger partial charge >= 0.3 is 24.0 Å². The molecule has 0 spiro atoms. The van der Waals surface area contributed by atoms with Crippen molar-refractivity contribution in [2.75, 3.05) is 11.9 Å². The molecule has 3 amide bonds. The van der Waals surface area contributed by atoms with Crippen LogP contribution >= 0.6 is 50.7 Å².